The van der Waals surface area contributed by atoms with Gasteiger partial charge in [-0.25, -0.2) is 0 Å². The highest BCUT2D eigenvalue weighted by molar-refractivity contribution is 5.19. The first-order valence-corrected chi connectivity index (χ1v) is 7.21. The molecule has 0 aromatic heterocycles. The summed E-state index contributed by atoms with van der Waals surface area (Å²) in [5.74, 6) is 0.716. The van der Waals surface area contributed by atoms with E-state index < -0.39 is 0 Å². The molecule has 1 heterocycles. The van der Waals surface area contributed by atoms with Crippen LogP contribution < -0.4 is 5.73 Å². The number of rotatable bonds is 4. The standard InChI is InChI=1S/C16H26N2/c1-13(2)11-16(14-7-4-3-5-8-14)18-10-6-9-15(17)12-18/h3-5,7-8,13,15-16H,6,9-12,17H2,1-2H3. The lowest BCUT2D eigenvalue weighted by molar-refractivity contribution is 0.132. The molecule has 2 unspecified atom stereocenters. The second-order valence-corrected chi connectivity index (χ2v) is 5.95. The van der Waals surface area contributed by atoms with Gasteiger partial charge in [0, 0.05) is 18.6 Å². The molecule has 100 valence electrons. The van der Waals surface area contributed by atoms with Crippen LogP contribution in [0, 0.1) is 5.92 Å². The monoisotopic (exact) mass is 246 g/mol. The van der Waals surface area contributed by atoms with Crippen molar-refractivity contribution in [3.8, 4) is 0 Å². The molecule has 0 aliphatic carbocycles. The summed E-state index contributed by atoms with van der Waals surface area (Å²) in [5.41, 5.74) is 7.57. The third-order valence-electron chi connectivity index (χ3n) is 3.81. The van der Waals surface area contributed by atoms with Gasteiger partial charge in [0.25, 0.3) is 0 Å². The minimum Gasteiger partial charge on any atom is -0.327 e. The van der Waals surface area contributed by atoms with Crippen LogP contribution in [0.2, 0.25) is 0 Å². The molecule has 2 nitrogen and oxygen atoms in total. The van der Waals surface area contributed by atoms with Crippen LogP contribution in [0.15, 0.2) is 30.3 Å². The fourth-order valence-corrected chi connectivity index (χ4v) is 2.94. The first kappa shape index (κ1) is 13.6. The molecule has 0 amide bonds. The van der Waals surface area contributed by atoms with E-state index in [0.717, 1.165) is 6.54 Å². The number of nitrogens with zero attached hydrogens (tertiary/aromatic N) is 1. The molecule has 1 aromatic rings. The molecule has 0 saturated carbocycles. The SMILES string of the molecule is CC(C)CC(c1ccccc1)N1CCCC(N)C1. The largest absolute Gasteiger partial charge is 0.327 e. The molecule has 2 atom stereocenters. The summed E-state index contributed by atoms with van der Waals surface area (Å²) in [5, 5.41) is 0. The third kappa shape index (κ3) is 3.56. The van der Waals surface area contributed by atoms with E-state index in [1.165, 1.54) is 31.4 Å². The van der Waals surface area contributed by atoms with E-state index in [4.69, 9.17) is 5.73 Å². The van der Waals surface area contributed by atoms with E-state index in [9.17, 15) is 0 Å². The molecule has 18 heavy (non-hydrogen) atoms. The number of likely N-dealkylation sites (tertiary alicyclic amines) is 1. The molecule has 0 spiro atoms. The van der Waals surface area contributed by atoms with E-state index in [-0.39, 0.29) is 0 Å². The van der Waals surface area contributed by atoms with Crippen LogP contribution in [0.5, 0.6) is 0 Å². The second kappa shape index (κ2) is 6.35. The average molecular weight is 246 g/mol. The minimum absolute atomic E-state index is 0.358. The van der Waals surface area contributed by atoms with E-state index >= 15 is 0 Å². The molecule has 2 rings (SSSR count). The van der Waals surface area contributed by atoms with E-state index in [1.807, 2.05) is 0 Å². The number of hydrogen-bond acceptors (Lipinski definition) is 2. The van der Waals surface area contributed by atoms with Crippen molar-refractivity contribution in [2.75, 3.05) is 13.1 Å². The van der Waals surface area contributed by atoms with E-state index in [1.54, 1.807) is 0 Å². The maximum absolute atomic E-state index is 6.13. The molecule has 1 fully saturated rings. The van der Waals surface area contributed by atoms with Gasteiger partial charge in [0.05, 0.1) is 0 Å². The predicted octanol–water partition coefficient (Wildman–Crippen LogP) is 3.20. The molecule has 2 N–H and O–H groups in total. The lowest BCUT2D eigenvalue weighted by Crippen LogP contribution is -2.44. The van der Waals surface area contributed by atoms with Crippen LogP contribution in [0.4, 0.5) is 0 Å². The maximum atomic E-state index is 6.13. The van der Waals surface area contributed by atoms with Crippen molar-refractivity contribution >= 4 is 0 Å². The first-order chi connectivity index (χ1) is 8.66. The van der Waals surface area contributed by atoms with Crippen LogP contribution >= 0.6 is 0 Å². The lowest BCUT2D eigenvalue weighted by atomic mass is 9.93. The van der Waals surface area contributed by atoms with Crippen molar-refractivity contribution in [3.63, 3.8) is 0 Å². The molecule has 0 radical (unpaired) electrons. The highest BCUT2D eigenvalue weighted by Gasteiger charge is 2.25. The van der Waals surface area contributed by atoms with Gasteiger partial charge in [-0.05, 0) is 37.3 Å². The Bertz CT molecular complexity index is 347. The molecule has 1 aromatic carbocycles. The fourth-order valence-electron chi connectivity index (χ4n) is 2.94. The summed E-state index contributed by atoms with van der Waals surface area (Å²) in [7, 11) is 0. The van der Waals surface area contributed by atoms with Crippen LogP contribution in [-0.2, 0) is 0 Å². The fraction of sp³-hybridized carbons (Fsp3) is 0.625. The molecular formula is C16H26N2. The zero-order valence-electron chi connectivity index (χ0n) is 11.7. The summed E-state index contributed by atoms with van der Waals surface area (Å²) in [6.07, 6.45) is 3.64. The Morgan fingerprint density at radius 2 is 2.00 bits per heavy atom. The number of hydrogen-bond donors (Lipinski definition) is 1. The Labute approximate surface area is 111 Å². The summed E-state index contributed by atoms with van der Waals surface area (Å²) < 4.78 is 0. The van der Waals surface area contributed by atoms with Crippen molar-refractivity contribution in [1.82, 2.24) is 4.90 Å². The molecule has 1 aliphatic rings. The Morgan fingerprint density at radius 3 is 2.61 bits per heavy atom. The van der Waals surface area contributed by atoms with Crippen molar-refractivity contribution < 1.29 is 0 Å². The lowest BCUT2D eigenvalue weighted by Gasteiger charge is -2.38. The van der Waals surface area contributed by atoms with Crippen molar-refractivity contribution in [3.05, 3.63) is 35.9 Å². The van der Waals surface area contributed by atoms with Gasteiger partial charge in [0.1, 0.15) is 0 Å². The van der Waals surface area contributed by atoms with Gasteiger partial charge < -0.3 is 5.73 Å². The first-order valence-electron chi connectivity index (χ1n) is 7.21. The quantitative estimate of drug-likeness (QED) is 0.884. The highest BCUT2D eigenvalue weighted by atomic mass is 15.2. The zero-order valence-corrected chi connectivity index (χ0v) is 11.7. The Morgan fingerprint density at radius 1 is 1.28 bits per heavy atom. The van der Waals surface area contributed by atoms with Gasteiger partial charge in [-0.2, -0.15) is 0 Å². The van der Waals surface area contributed by atoms with Crippen molar-refractivity contribution in [2.24, 2.45) is 11.7 Å². The highest BCUT2D eigenvalue weighted by Crippen LogP contribution is 2.29. The zero-order chi connectivity index (χ0) is 13.0. The molecule has 2 heteroatoms. The smallest absolute Gasteiger partial charge is 0.0351 e. The summed E-state index contributed by atoms with van der Waals surface area (Å²) >= 11 is 0. The van der Waals surface area contributed by atoms with Gasteiger partial charge in [-0.15, -0.1) is 0 Å². The summed E-state index contributed by atoms with van der Waals surface area (Å²) in [4.78, 5) is 2.59. The van der Waals surface area contributed by atoms with Crippen LogP contribution in [0.25, 0.3) is 0 Å². The molecule has 1 saturated heterocycles. The van der Waals surface area contributed by atoms with Crippen molar-refractivity contribution in [1.29, 1.82) is 0 Å². The van der Waals surface area contributed by atoms with E-state index in [2.05, 4.69) is 49.1 Å². The summed E-state index contributed by atoms with van der Waals surface area (Å²) in [6.45, 7) is 6.85. The van der Waals surface area contributed by atoms with E-state index in [0.29, 0.717) is 18.0 Å². The normalized spacial score (nSPS) is 23.2. The average Bonchev–Trinajstić information content (AvgIpc) is 2.37. The Hall–Kier alpha value is -0.860. The van der Waals surface area contributed by atoms with Gasteiger partial charge >= 0.3 is 0 Å². The Kier molecular flexibility index (Phi) is 4.79. The van der Waals surface area contributed by atoms with Crippen LogP contribution in [0.1, 0.15) is 44.7 Å². The summed E-state index contributed by atoms with van der Waals surface area (Å²) in [6, 6.07) is 11.8. The van der Waals surface area contributed by atoms with Crippen LogP contribution in [-0.4, -0.2) is 24.0 Å². The van der Waals surface area contributed by atoms with Gasteiger partial charge in [0.2, 0.25) is 0 Å². The minimum atomic E-state index is 0.358. The van der Waals surface area contributed by atoms with Crippen molar-refractivity contribution in [2.45, 2.75) is 45.2 Å². The number of piperidine rings is 1. The second-order valence-electron chi connectivity index (χ2n) is 5.95. The van der Waals surface area contributed by atoms with Gasteiger partial charge in [-0.1, -0.05) is 44.2 Å². The Balaban J connectivity index is 2.14. The predicted molar refractivity (Wildman–Crippen MR) is 77.4 cm³/mol. The topological polar surface area (TPSA) is 29.3 Å². The maximum Gasteiger partial charge on any atom is 0.0351 e. The van der Waals surface area contributed by atoms with Gasteiger partial charge in [0.15, 0.2) is 0 Å². The molecule has 1 aliphatic heterocycles. The number of benzene rings is 1. The van der Waals surface area contributed by atoms with Crippen LogP contribution in [0.3, 0.4) is 0 Å². The molecular weight excluding hydrogens is 220 g/mol. The van der Waals surface area contributed by atoms with Gasteiger partial charge in [-0.3, -0.25) is 4.90 Å². The third-order valence-corrected chi connectivity index (χ3v) is 3.81. The molecule has 0 bridgehead atoms. The number of nitrogens with two attached hydrogens (primary N) is 1.